The second-order valence-electron chi connectivity index (χ2n) is 11.2. The Bertz CT molecular complexity index is 1320. The molecule has 0 spiro atoms. The molecule has 238 valence electrons. The lowest BCUT2D eigenvalue weighted by atomic mass is 9.97. The molecule has 9 N–H and O–H groups in total. The molecule has 1 saturated heterocycles. The number of likely N-dealkylation sites (tertiary alicyclic amines) is 1. The summed E-state index contributed by atoms with van der Waals surface area (Å²) in [5, 5.41) is 27.2. The first-order chi connectivity index (χ1) is 20.9. The van der Waals surface area contributed by atoms with Crippen LogP contribution in [0.3, 0.4) is 0 Å². The minimum Gasteiger partial charge on any atom is -0.508 e. The van der Waals surface area contributed by atoms with Crippen LogP contribution < -0.4 is 27.4 Å². The Labute approximate surface area is 256 Å². The fourth-order valence-electron chi connectivity index (χ4n) is 5.06. The Morgan fingerprint density at radius 1 is 0.909 bits per heavy atom. The number of hydrogen-bond donors (Lipinski definition) is 7. The summed E-state index contributed by atoms with van der Waals surface area (Å²) in [6, 6.07) is 8.58. The molecule has 0 radical (unpaired) electrons. The van der Waals surface area contributed by atoms with Crippen LogP contribution in [0, 0.1) is 5.92 Å². The van der Waals surface area contributed by atoms with Gasteiger partial charge >= 0.3 is 0 Å². The van der Waals surface area contributed by atoms with Crippen molar-refractivity contribution in [2.75, 3.05) is 13.1 Å². The van der Waals surface area contributed by atoms with E-state index in [1.165, 1.54) is 29.2 Å². The molecule has 1 heterocycles. The standard InChI is InChI=1S/C31H42N6O7/c1-3-18(2)27(30(43)34-17-26(33)40)36-29(42)25-5-4-14-37(25)31(44)24(16-20-8-12-22(39)13-9-20)35-28(41)23(32)15-19-6-10-21(38)11-7-19/h6-13,18,23-25,27,38-39H,3-5,14-17,32H2,1-2H3,(H2,33,40)(H,34,43)(H,35,41)(H,36,42). The normalized spacial score (nSPS) is 17.2. The van der Waals surface area contributed by atoms with Gasteiger partial charge in [-0.2, -0.15) is 0 Å². The lowest BCUT2D eigenvalue weighted by molar-refractivity contribution is -0.142. The number of phenols is 2. The van der Waals surface area contributed by atoms with Crippen molar-refractivity contribution in [1.82, 2.24) is 20.9 Å². The quantitative estimate of drug-likeness (QED) is 0.152. The number of amides is 5. The fourth-order valence-corrected chi connectivity index (χ4v) is 5.06. The summed E-state index contributed by atoms with van der Waals surface area (Å²) in [5.41, 5.74) is 12.7. The number of nitrogens with two attached hydrogens (primary N) is 2. The number of carbonyl (C=O) groups excluding carboxylic acids is 5. The van der Waals surface area contributed by atoms with E-state index < -0.39 is 53.7 Å². The summed E-state index contributed by atoms with van der Waals surface area (Å²) in [6.45, 7) is 3.54. The van der Waals surface area contributed by atoms with Crippen LogP contribution in [0.5, 0.6) is 11.5 Å². The van der Waals surface area contributed by atoms with Gasteiger partial charge in [0, 0.05) is 13.0 Å². The van der Waals surface area contributed by atoms with Crippen molar-refractivity contribution >= 4 is 29.5 Å². The van der Waals surface area contributed by atoms with Gasteiger partial charge in [0.1, 0.15) is 29.6 Å². The molecule has 5 atom stereocenters. The Morgan fingerprint density at radius 3 is 2.02 bits per heavy atom. The van der Waals surface area contributed by atoms with Gasteiger partial charge in [-0.05, 0) is 60.6 Å². The molecule has 13 nitrogen and oxygen atoms in total. The maximum atomic E-state index is 14.0. The van der Waals surface area contributed by atoms with E-state index in [1.54, 1.807) is 31.2 Å². The summed E-state index contributed by atoms with van der Waals surface area (Å²) in [4.78, 5) is 66.0. The van der Waals surface area contributed by atoms with E-state index in [0.29, 0.717) is 24.8 Å². The van der Waals surface area contributed by atoms with Gasteiger partial charge in [-0.3, -0.25) is 24.0 Å². The first-order valence-electron chi connectivity index (χ1n) is 14.7. The molecule has 13 heteroatoms. The Kier molecular flexibility index (Phi) is 12.1. The average molecular weight is 611 g/mol. The van der Waals surface area contributed by atoms with Crippen LogP contribution in [0.25, 0.3) is 0 Å². The van der Waals surface area contributed by atoms with E-state index in [2.05, 4.69) is 16.0 Å². The molecule has 5 amide bonds. The van der Waals surface area contributed by atoms with Crippen molar-refractivity contribution in [1.29, 1.82) is 0 Å². The number of benzene rings is 2. The van der Waals surface area contributed by atoms with Crippen LogP contribution in [0.4, 0.5) is 0 Å². The number of aromatic hydroxyl groups is 2. The van der Waals surface area contributed by atoms with Gasteiger partial charge in [0.05, 0.1) is 12.6 Å². The molecular weight excluding hydrogens is 568 g/mol. The zero-order valence-corrected chi connectivity index (χ0v) is 25.0. The maximum Gasteiger partial charge on any atom is 0.246 e. The molecule has 1 aliphatic heterocycles. The highest BCUT2D eigenvalue weighted by atomic mass is 16.3. The van der Waals surface area contributed by atoms with Gasteiger partial charge < -0.3 is 42.5 Å². The molecule has 0 aromatic heterocycles. The maximum absolute atomic E-state index is 14.0. The van der Waals surface area contributed by atoms with Crippen molar-refractivity contribution in [2.24, 2.45) is 17.4 Å². The smallest absolute Gasteiger partial charge is 0.246 e. The molecule has 0 aliphatic carbocycles. The summed E-state index contributed by atoms with van der Waals surface area (Å²) < 4.78 is 0. The molecule has 5 unspecified atom stereocenters. The van der Waals surface area contributed by atoms with Crippen molar-refractivity contribution < 1.29 is 34.2 Å². The molecule has 44 heavy (non-hydrogen) atoms. The molecule has 0 bridgehead atoms. The Hall–Kier alpha value is -4.65. The van der Waals surface area contributed by atoms with Gasteiger partial charge in [0.2, 0.25) is 29.5 Å². The zero-order chi connectivity index (χ0) is 32.4. The van der Waals surface area contributed by atoms with Gasteiger partial charge in [-0.25, -0.2) is 0 Å². The molecule has 3 rings (SSSR count). The highest BCUT2D eigenvalue weighted by Gasteiger charge is 2.39. The van der Waals surface area contributed by atoms with Crippen molar-refractivity contribution in [3.8, 4) is 11.5 Å². The SMILES string of the molecule is CCC(C)C(NC(=O)C1CCCN1C(=O)C(Cc1ccc(O)cc1)NC(=O)C(N)Cc1ccc(O)cc1)C(=O)NCC(N)=O. The van der Waals surface area contributed by atoms with Crippen LogP contribution in [0.1, 0.15) is 44.2 Å². The third-order valence-electron chi connectivity index (χ3n) is 7.79. The van der Waals surface area contributed by atoms with Gasteiger partial charge in [-0.15, -0.1) is 0 Å². The summed E-state index contributed by atoms with van der Waals surface area (Å²) in [6.07, 6.45) is 1.69. The summed E-state index contributed by atoms with van der Waals surface area (Å²) in [5.74, 6) is -2.99. The first-order valence-corrected chi connectivity index (χ1v) is 14.7. The van der Waals surface area contributed by atoms with Crippen molar-refractivity contribution in [3.05, 3.63) is 59.7 Å². The van der Waals surface area contributed by atoms with E-state index in [0.717, 1.165) is 5.56 Å². The number of primary amides is 1. The minimum atomic E-state index is -1.07. The van der Waals surface area contributed by atoms with E-state index in [-0.39, 0.29) is 43.3 Å². The Balaban J connectivity index is 1.78. The van der Waals surface area contributed by atoms with E-state index in [1.807, 2.05) is 6.92 Å². The third kappa shape index (κ3) is 9.43. The molecule has 1 fully saturated rings. The predicted molar refractivity (Wildman–Crippen MR) is 162 cm³/mol. The van der Waals surface area contributed by atoms with Crippen molar-refractivity contribution in [3.63, 3.8) is 0 Å². The Morgan fingerprint density at radius 2 is 1.48 bits per heavy atom. The van der Waals surface area contributed by atoms with Crippen molar-refractivity contribution in [2.45, 2.75) is 70.1 Å². The van der Waals surface area contributed by atoms with Crippen LogP contribution >= 0.6 is 0 Å². The fraction of sp³-hybridized carbons (Fsp3) is 0.452. The van der Waals surface area contributed by atoms with Crippen LogP contribution in [0.15, 0.2) is 48.5 Å². The number of hydrogen-bond acceptors (Lipinski definition) is 8. The third-order valence-corrected chi connectivity index (χ3v) is 7.79. The first kappa shape index (κ1) is 33.8. The summed E-state index contributed by atoms with van der Waals surface area (Å²) >= 11 is 0. The van der Waals surface area contributed by atoms with Gasteiger partial charge in [0.15, 0.2) is 0 Å². The predicted octanol–water partition coefficient (Wildman–Crippen LogP) is -0.181. The number of phenolic OH excluding ortho intramolecular Hbond substituents is 2. The number of rotatable bonds is 14. The molecule has 0 saturated carbocycles. The number of carbonyl (C=O) groups is 5. The topological polar surface area (TPSA) is 217 Å². The lowest BCUT2D eigenvalue weighted by Gasteiger charge is -2.31. The van der Waals surface area contributed by atoms with Crippen LogP contribution in [-0.4, -0.2) is 81.9 Å². The minimum absolute atomic E-state index is 0.0450. The molecule has 2 aromatic rings. The second-order valence-corrected chi connectivity index (χ2v) is 11.2. The number of nitrogens with one attached hydrogen (secondary N) is 3. The largest absolute Gasteiger partial charge is 0.508 e. The molecule has 1 aliphatic rings. The summed E-state index contributed by atoms with van der Waals surface area (Å²) in [7, 11) is 0. The van der Waals surface area contributed by atoms with E-state index >= 15 is 0 Å². The lowest BCUT2D eigenvalue weighted by Crippen LogP contribution is -2.59. The highest BCUT2D eigenvalue weighted by Crippen LogP contribution is 2.22. The van der Waals surface area contributed by atoms with Gasteiger partial charge in [0.25, 0.3) is 0 Å². The van der Waals surface area contributed by atoms with E-state index in [4.69, 9.17) is 11.5 Å². The van der Waals surface area contributed by atoms with Crippen LogP contribution in [0.2, 0.25) is 0 Å². The second kappa shape index (κ2) is 15.7. The monoisotopic (exact) mass is 610 g/mol. The van der Waals surface area contributed by atoms with Crippen LogP contribution in [-0.2, 0) is 36.8 Å². The van der Waals surface area contributed by atoms with Gasteiger partial charge in [-0.1, -0.05) is 44.5 Å². The highest BCUT2D eigenvalue weighted by molar-refractivity contribution is 5.96. The molecule has 2 aromatic carbocycles. The average Bonchev–Trinajstić information content (AvgIpc) is 3.50. The number of nitrogens with zero attached hydrogens (tertiary/aromatic N) is 1. The zero-order valence-electron chi connectivity index (χ0n) is 25.0. The van der Waals surface area contributed by atoms with E-state index in [9.17, 15) is 34.2 Å². The molecular formula is C31H42N6O7.